The Hall–Kier alpha value is -5.00. The third kappa shape index (κ3) is 5.28. The first-order valence-corrected chi connectivity index (χ1v) is 13.1. The molecule has 0 aliphatic carbocycles. The SMILES string of the molecule is COC(=O)N1CCC(n2cnc(-c3ccc(F)cc3)c2-c2ccc3nc(CC(=O)c4ccnc(F)c4)cn3n2)CC1. The molecule has 41 heavy (non-hydrogen) atoms. The maximum atomic E-state index is 13.7. The number of carbonyl (C=O) groups is 2. The van der Waals surface area contributed by atoms with Gasteiger partial charge in [0, 0.05) is 42.5 Å². The van der Waals surface area contributed by atoms with Crippen LogP contribution in [0.25, 0.3) is 28.3 Å². The summed E-state index contributed by atoms with van der Waals surface area (Å²) in [6.45, 7) is 1.07. The van der Waals surface area contributed by atoms with Gasteiger partial charge in [-0.15, -0.1) is 0 Å². The highest BCUT2D eigenvalue weighted by molar-refractivity contribution is 5.97. The van der Waals surface area contributed by atoms with Crippen LogP contribution in [0.3, 0.4) is 0 Å². The first-order valence-electron chi connectivity index (χ1n) is 13.1. The number of methoxy groups -OCH3 is 1. The number of Topliss-reactive ketones (excluding diaryl/α,β-unsaturated/α-hetero) is 1. The highest BCUT2D eigenvalue weighted by Crippen LogP contribution is 2.35. The summed E-state index contributed by atoms with van der Waals surface area (Å²) in [5.74, 6) is -1.36. The van der Waals surface area contributed by atoms with Crippen molar-refractivity contribution in [1.29, 1.82) is 0 Å². The lowest BCUT2D eigenvalue weighted by molar-refractivity contribution is 0.0990. The minimum Gasteiger partial charge on any atom is -0.453 e. The number of hydrogen-bond acceptors (Lipinski definition) is 7. The normalized spacial score (nSPS) is 14.0. The van der Waals surface area contributed by atoms with Gasteiger partial charge in [-0.25, -0.2) is 28.7 Å². The standard InChI is InChI=1S/C29H25F2N7O3/c1-41-29(40)36-12-9-22(10-13-36)37-17-33-27(18-2-4-20(30)5-3-18)28(37)23-6-7-26-34-21(16-38(26)35-23)15-24(39)19-8-11-32-25(31)14-19/h2-8,11,14,16-17,22H,9-10,12-13,15H2,1H3. The number of rotatable bonds is 6. The Balaban J connectivity index is 1.35. The average Bonchev–Trinajstić information content (AvgIpc) is 3.61. The number of hydrogen-bond donors (Lipinski definition) is 0. The zero-order valence-electron chi connectivity index (χ0n) is 22.1. The fraction of sp³-hybridized carbons (Fsp3) is 0.241. The van der Waals surface area contributed by atoms with Gasteiger partial charge in [0.1, 0.15) is 11.5 Å². The highest BCUT2D eigenvalue weighted by Gasteiger charge is 2.28. The van der Waals surface area contributed by atoms with Crippen molar-refractivity contribution in [2.75, 3.05) is 20.2 Å². The van der Waals surface area contributed by atoms with Crippen LogP contribution >= 0.6 is 0 Å². The maximum absolute atomic E-state index is 13.7. The van der Waals surface area contributed by atoms with E-state index in [2.05, 4.69) is 14.5 Å². The molecule has 0 bridgehead atoms. The molecule has 1 saturated heterocycles. The summed E-state index contributed by atoms with van der Waals surface area (Å²) >= 11 is 0. The van der Waals surface area contributed by atoms with E-state index in [-0.39, 0.29) is 35.7 Å². The van der Waals surface area contributed by atoms with Gasteiger partial charge in [0.25, 0.3) is 0 Å². The number of nitrogens with zero attached hydrogens (tertiary/aromatic N) is 7. The molecule has 0 atom stereocenters. The molecule has 0 spiro atoms. The zero-order valence-corrected chi connectivity index (χ0v) is 22.1. The monoisotopic (exact) mass is 557 g/mol. The van der Waals surface area contributed by atoms with Gasteiger partial charge in [0.2, 0.25) is 5.95 Å². The number of fused-ring (bicyclic) bond motifs is 1. The summed E-state index contributed by atoms with van der Waals surface area (Å²) < 4.78 is 35.7. The molecule has 0 N–H and O–H groups in total. The second kappa shape index (κ2) is 10.9. The van der Waals surface area contributed by atoms with E-state index in [0.29, 0.717) is 48.7 Å². The van der Waals surface area contributed by atoms with Crippen molar-refractivity contribution in [1.82, 2.24) is 34.0 Å². The Labute approximate surface area is 233 Å². The lowest BCUT2D eigenvalue weighted by Gasteiger charge is -2.32. The molecular weight excluding hydrogens is 532 g/mol. The van der Waals surface area contributed by atoms with Crippen molar-refractivity contribution >= 4 is 17.5 Å². The van der Waals surface area contributed by atoms with Crippen LogP contribution in [-0.4, -0.2) is 66.1 Å². The average molecular weight is 558 g/mol. The van der Waals surface area contributed by atoms with Crippen LogP contribution in [-0.2, 0) is 11.2 Å². The Morgan fingerprint density at radius 3 is 2.54 bits per heavy atom. The maximum Gasteiger partial charge on any atom is 0.409 e. The molecule has 1 aliphatic heterocycles. The van der Waals surface area contributed by atoms with Crippen LogP contribution in [0, 0.1) is 11.8 Å². The summed E-state index contributed by atoms with van der Waals surface area (Å²) in [6, 6.07) is 12.4. The second-order valence-corrected chi connectivity index (χ2v) is 9.76. The zero-order chi connectivity index (χ0) is 28.5. The van der Waals surface area contributed by atoms with E-state index in [0.717, 1.165) is 17.3 Å². The van der Waals surface area contributed by atoms with Crippen LogP contribution in [0.1, 0.15) is 34.9 Å². The second-order valence-electron chi connectivity index (χ2n) is 9.76. The fourth-order valence-corrected chi connectivity index (χ4v) is 5.15. The van der Waals surface area contributed by atoms with Crippen LogP contribution < -0.4 is 0 Å². The first-order chi connectivity index (χ1) is 19.9. The van der Waals surface area contributed by atoms with E-state index in [1.807, 2.05) is 6.07 Å². The van der Waals surface area contributed by atoms with Gasteiger partial charge in [-0.1, -0.05) is 0 Å². The summed E-state index contributed by atoms with van der Waals surface area (Å²) in [6.07, 6.45) is 5.68. The number of ether oxygens (including phenoxy) is 1. The summed E-state index contributed by atoms with van der Waals surface area (Å²) in [5, 5.41) is 4.80. The number of pyridine rings is 1. The highest BCUT2D eigenvalue weighted by atomic mass is 19.1. The van der Waals surface area contributed by atoms with Crippen molar-refractivity contribution in [2.45, 2.75) is 25.3 Å². The lowest BCUT2D eigenvalue weighted by atomic mass is 10.0. The molecule has 10 nitrogen and oxygen atoms in total. The Bertz CT molecular complexity index is 1740. The number of piperidine rings is 1. The van der Waals surface area contributed by atoms with Gasteiger partial charge in [0.15, 0.2) is 11.4 Å². The molecule has 5 aromatic rings. The predicted molar refractivity (Wildman–Crippen MR) is 144 cm³/mol. The van der Waals surface area contributed by atoms with Crippen molar-refractivity contribution in [2.24, 2.45) is 0 Å². The van der Waals surface area contributed by atoms with E-state index < -0.39 is 5.95 Å². The number of aromatic nitrogens is 6. The van der Waals surface area contributed by atoms with Crippen molar-refractivity contribution < 1.29 is 23.1 Å². The number of likely N-dealkylation sites (tertiary alicyclic amines) is 1. The van der Waals surface area contributed by atoms with Gasteiger partial charge < -0.3 is 14.2 Å². The van der Waals surface area contributed by atoms with Crippen molar-refractivity contribution in [3.63, 3.8) is 0 Å². The van der Waals surface area contributed by atoms with Crippen molar-refractivity contribution in [3.05, 3.63) is 90.3 Å². The number of amides is 1. The number of carbonyl (C=O) groups excluding carboxylic acids is 2. The molecule has 4 aromatic heterocycles. The van der Waals surface area contributed by atoms with Gasteiger partial charge >= 0.3 is 6.09 Å². The number of ketones is 1. The molecule has 0 saturated carbocycles. The predicted octanol–water partition coefficient (Wildman–Crippen LogP) is 4.76. The molecule has 0 radical (unpaired) electrons. The van der Waals surface area contributed by atoms with Crippen molar-refractivity contribution in [3.8, 4) is 22.6 Å². The van der Waals surface area contributed by atoms with Gasteiger partial charge in [-0.2, -0.15) is 9.49 Å². The Morgan fingerprint density at radius 1 is 1.02 bits per heavy atom. The molecule has 1 aliphatic rings. The fourth-order valence-electron chi connectivity index (χ4n) is 5.15. The third-order valence-corrected chi connectivity index (χ3v) is 7.20. The van der Waals surface area contributed by atoms with Crippen LogP contribution in [0.4, 0.5) is 13.6 Å². The molecular formula is C29H25F2N7O3. The Kier molecular flexibility index (Phi) is 6.96. The van der Waals surface area contributed by atoms with Gasteiger partial charge in [-0.3, -0.25) is 4.79 Å². The largest absolute Gasteiger partial charge is 0.453 e. The molecule has 1 aromatic carbocycles. The van der Waals surface area contributed by atoms with Gasteiger partial charge in [0.05, 0.1) is 43.1 Å². The summed E-state index contributed by atoms with van der Waals surface area (Å²) in [4.78, 5) is 39.1. The molecule has 1 amide bonds. The lowest BCUT2D eigenvalue weighted by Crippen LogP contribution is -2.39. The van der Waals surface area contributed by atoms with Gasteiger partial charge in [-0.05, 0) is 55.3 Å². The molecule has 1 fully saturated rings. The van der Waals surface area contributed by atoms with E-state index >= 15 is 0 Å². The summed E-state index contributed by atoms with van der Waals surface area (Å²) in [5.41, 5.74) is 3.97. The van der Waals surface area contributed by atoms with E-state index in [9.17, 15) is 18.4 Å². The summed E-state index contributed by atoms with van der Waals surface area (Å²) in [7, 11) is 1.37. The molecule has 12 heteroatoms. The Morgan fingerprint density at radius 2 is 1.80 bits per heavy atom. The van der Waals surface area contributed by atoms with Crippen LogP contribution in [0.5, 0.6) is 0 Å². The van der Waals surface area contributed by atoms with E-state index in [4.69, 9.17) is 14.8 Å². The number of halogens is 2. The van der Waals surface area contributed by atoms with E-state index in [1.54, 1.807) is 40.1 Å². The van der Waals surface area contributed by atoms with Crippen LogP contribution in [0.15, 0.2) is 67.3 Å². The van der Waals surface area contributed by atoms with Crippen LogP contribution in [0.2, 0.25) is 0 Å². The number of benzene rings is 1. The van der Waals surface area contributed by atoms with E-state index in [1.165, 1.54) is 31.5 Å². The minimum absolute atomic E-state index is 0.0281. The molecule has 5 heterocycles. The minimum atomic E-state index is -0.721. The quantitative estimate of drug-likeness (QED) is 0.219. The first kappa shape index (κ1) is 26.2. The molecule has 6 rings (SSSR count). The third-order valence-electron chi connectivity index (χ3n) is 7.20. The topological polar surface area (TPSA) is 108 Å². The molecule has 0 unspecified atom stereocenters. The number of imidazole rings is 2. The smallest absolute Gasteiger partial charge is 0.409 e. The molecule has 208 valence electrons.